The fourth-order valence-electron chi connectivity index (χ4n) is 4.91. The van der Waals surface area contributed by atoms with E-state index in [0.717, 1.165) is 40.5 Å². The van der Waals surface area contributed by atoms with Gasteiger partial charge in [0.05, 0.1) is 14.2 Å². The lowest BCUT2D eigenvalue weighted by atomic mass is 9.76. The first-order valence-corrected chi connectivity index (χ1v) is 13.5. The minimum Gasteiger partial charge on any atom is -0.497 e. The molecule has 0 aliphatic rings. The van der Waals surface area contributed by atoms with Crippen LogP contribution in [0.3, 0.4) is 0 Å². The normalized spacial score (nSPS) is 12.8. The van der Waals surface area contributed by atoms with E-state index in [0.29, 0.717) is 0 Å². The molecule has 0 radical (unpaired) electrons. The van der Waals surface area contributed by atoms with E-state index in [4.69, 9.17) is 9.47 Å². The van der Waals surface area contributed by atoms with E-state index in [-0.39, 0.29) is 5.41 Å². The predicted octanol–water partition coefficient (Wildman–Crippen LogP) is 9.81. The zero-order chi connectivity index (χ0) is 27.0. The average molecular weight is 506 g/mol. The highest BCUT2D eigenvalue weighted by Crippen LogP contribution is 2.36. The van der Waals surface area contributed by atoms with Crippen molar-refractivity contribution in [3.63, 3.8) is 0 Å². The molecule has 38 heavy (non-hydrogen) atoms. The van der Waals surface area contributed by atoms with Crippen LogP contribution in [0.2, 0.25) is 0 Å². The Kier molecular flexibility index (Phi) is 8.91. The zero-order valence-corrected chi connectivity index (χ0v) is 23.3. The van der Waals surface area contributed by atoms with Gasteiger partial charge in [-0.25, -0.2) is 0 Å². The molecule has 0 spiro atoms. The van der Waals surface area contributed by atoms with E-state index in [1.807, 2.05) is 24.3 Å². The quantitative estimate of drug-likeness (QED) is 0.189. The topological polar surface area (TPSA) is 21.7 Å². The largest absolute Gasteiger partial charge is 0.497 e. The molecule has 0 fully saturated rings. The average Bonchev–Trinajstić information content (AvgIpc) is 2.98. The number of nitrogens with zero attached hydrogens (tertiary/aromatic N) is 1. The lowest BCUT2D eigenvalue weighted by Gasteiger charge is -2.28. The standard InChI is InChI=1S/C35H39NO2/c1-6-26-35(3,7-2)29-14-10-27(11-15-29)8-9-28-12-16-30(17-13-28)36(31-18-22-33(37-4)23-19-31)32-20-24-34(38-5)25-21-32/h8-25H,6-7,26H2,1-5H3/b9-8+. The summed E-state index contributed by atoms with van der Waals surface area (Å²) in [7, 11) is 3.37. The molecular formula is C35H39NO2. The van der Waals surface area contributed by atoms with Crippen molar-refractivity contribution < 1.29 is 9.47 Å². The van der Waals surface area contributed by atoms with Crippen molar-refractivity contribution in [2.75, 3.05) is 19.1 Å². The van der Waals surface area contributed by atoms with Crippen LogP contribution in [0.4, 0.5) is 17.1 Å². The van der Waals surface area contributed by atoms with E-state index in [1.165, 1.54) is 24.0 Å². The molecule has 0 saturated carbocycles. The summed E-state index contributed by atoms with van der Waals surface area (Å²) in [4.78, 5) is 2.23. The number of anilines is 3. The summed E-state index contributed by atoms with van der Waals surface area (Å²) in [5.74, 6) is 1.67. The Hall–Kier alpha value is -3.98. The minimum absolute atomic E-state index is 0.256. The second-order valence-corrected chi connectivity index (χ2v) is 9.94. The first kappa shape index (κ1) is 27.1. The molecule has 4 aromatic carbocycles. The molecular weight excluding hydrogens is 466 g/mol. The predicted molar refractivity (Wildman–Crippen MR) is 162 cm³/mol. The van der Waals surface area contributed by atoms with Gasteiger partial charge in [0.15, 0.2) is 0 Å². The maximum atomic E-state index is 5.37. The van der Waals surface area contributed by atoms with Gasteiger partial charge in [-0.05, 0) is 95.6 Å². The summed E-state index contributed by atoms with van der Waals surface area (Å²) in [6, 6.07) is 33.9. The molecule has 0 aliphatic carbocycles. The van der Waals surface area contributed by atoms with Crippen LogP contribution >= 0.6 is 0 Å². The summed E-state index contributed by atoms with van der Waals surface area (Å²) in [5, 5.41) is 0. The molecule has 0 aliphatic heterocycles. The van der Waals surface area contributed by atoms with Crippen molar-refractivity contribution in [2.45, 2.75) is 45.4 Å². The fourth-order valence-corrected chi connectivity index (χ4v) is 4.91. The van der Waals surface area contributed by atoms with Gasteiger partial charge in [-0.1, -0.05) is 75.7 Å². The van der Waals surface area contributed by atoms with Crippen molar-refractivity contribution in [3.8, 4) is 11.5 Å². The number of ether oxygens (including phenoxy) is 2. The van der Waals surface area contributed by atoms with Crippen LogP contribution in [0.1, 0.15) is 56.7 Å². The second kappa shape index (κ2) is 12.5. The number of hydrogen-bond acceptors (Lipinski definition) is 3. The molecule has 0 amide bonds. The summed E-state index contributed by atoms with van der Waals surface area (Å²) in [6.07, 6.45) is 7.94. The zero-order valence-electron chi connectivity index (χ0n) is 23.3. The van der Waals surface area contributed by atoms with Gasteiger partial charge < -0.3 is 14.4 Å². The van der Waals surface area contributed by atoms with Gasteiger partial charge >= 0.3 is 0 Å². The lowest BCUT2D eigenvalue weighted by Crippen LogP contribution is -2.20. The smallest absolute Gasteiger partial charge is 0.119 e. The van der Waals surface area contributed by atoms with E-state index in [9.17, 15) is 0 Å². The van der Waals surface area contributed by atoms with Crippen LogP contribution in [-0.2, 0) is 5.41 Å². The maximum absolute atomic E-state index is 5.37. The van der Waals surface area contributed by atoms with Gasteiger partial charge in [0, 0.05) is 17.1 Å². The number of methoxy groups -OCH3 is 2. The molecule has 0 N–H and O–H groups in total. The Morgan fingerprint density at radius 2 is 1.00 bits per heavy atom. The highest BCUT2D eigenvalue weighted by atomic mass is 16.5. The fraction of sp³-hybridized carbons (Fsp3) is 0.257. The molecule has 4 rings (SSSR count). The molecule has 1 atom stereocenters. The summed E-state index contributed by atoms with van der Waals surface area (Å²) in [5.41, 5.74) is 7.25. The first-order chi connectivity index (χ1) is 18.5. The van der Waals surface area contributed by atoms with E-state index in [2.05, 4.69) is 111 Å². The highest BCUT2D eigenvalue weighted by Gasteiger charge is 2.23. The third kappa shape index (κ3) is 6.28. The van der Waals surface area contributed by atoms with E-state index < -0.39 is 0 Å². The SMILES string of the molecule is CCCC(C)(CC)c1ccc(/C=C/c2ccc(N(c3ccc(OC)cc3)c3ccc(OC)cc3)cc2)cc1. The molecule has 0 bridgehead atoms. The van der Waals surface area contributed by atoms with Crippen LogP contribution in [0, 0.1) is 0 Å². The number of rotatable bonds is 11. The number of benzene rings is 4. The Labute approximate surface area is 228 Å². The van der Waals surface area contributed by atoms with Crippen molar-refractivity contribution in [3.05, 3.63) is 114 Å². The van der Waals surface area contributed by atoms with Crippen LogP contribution in [0.25, 0.3) is 12.2 Å². The van der Waals surface area contributed by atoms with Crippen LogP contribution in [-0.4, -0.2) is 14.2 Å². The summed E-state index contributed by atoms with van der Waals surface area (Å²) < 4.78 is 10.7. The Balaban J connectivity index is 1.56. The van der Waals surface area contributed by atoms with Crippen LogP contribution < -0.4 is 14.4 Å². The third-order valence-corrected chi connectivity index (χ3v) is 7.47. The number of hydrogen-bond donors (Lipinski definition) is 0. The van der Waals surface area contributed by atoms with Gasteiger partial charge in [-0.3, -0.25) is 0 Å². The van der Waals surface area contributed by atoms with Crippen LogP contribution in [0.15, 0.2) is 97.1 Å². The van der Waals surface area contributed by atoms with Gasteiger partial charge in [0.2, 0.25) is 0 Å². The summed E-state index contributed by atoms with van der Waals surface area (Å²) in [6.45, 7) is 6.94. The molecule has 0 heterocycles. The highest BCUT2D eigenvalue weighted by molar-refractivity contribution is 5.78. The van der Waals surface area contributed by atoms with Gasteiger partial charge in [0.1, 0.15) is 11.5 Å². The Bertz CT molecular complexity index is 1260. The molecule has 196 valence electrons. The Morgan fingerprint density at radius 3 is 1.37 bits per heavy atom. The second-order valence-electron chi connectivity index (χ2n) is 9.94. The van der Waals surface area contributed by atoms with Crippen molar-refractivity contribution in [2.24, 2.45) is 0 Å². The monoisotopic (exact) mass is 505 g/mol. The molecule has 0 saturated heterocycles. The first-order valence-electron chi connectivity index (χ1n) is 13.5. The summed E-state index contributed by atoms with van der Waals surface area (Å²) >= 11 is 0. The van der Waals surface area contributed by atoms with Crippen molar-refractivity contribution >= 4 is 29.2 Å². The molecule has 4 aromatic rings. The third-order valence-electron chi connectivity index (χ3n) is 7.47. The Morgan fingerprint density at radius 1 is 0.605 bits per heavy atom. The van der Waals surface area contributed by atoms with Gasteiger partial charge in [-0.2, -0.15) is 0 Å². The van der Waals surface area contributed by atoms with Crippen LogP contribution in [0.5, 0.6) is 11.5 Å². The molecule has 3 nitrogen and oxygen atoms in total. The van der Waals surface area contributed by atoms with Gasteiger partial charge in [0.25, 0.3) is 0 Å². The lowest BCUT2D eigenvalue weighted by molar-refractivity contribution is 0.414. The van der Waals surface area contributed by atoms with E-state index >= 15 is 0 Å². The van der Waals surface area contributed by atoms with Gasteiger partial charge in [-0.15, -0.1) is 0 Å². The van der Waals surface area contributed by atoms with Crippen molar-refractivity contribution in [1.82, 2.24) is 0 Å². The van der Waals surface area contributed by atoms with E-state index in [1.54, 1.807) is 14.2 Å². The minimum atomic E-state index is 0.256. The molecule has 1 unspecified atom stereocenters. The maximum Gasteiger partial charge on any atom is 0.119 e. The molecule has 0 aromatic heterocycles. The molecule has 3 heteroatoms. The van der Waals surface area contributed by atoms with Crippen molar-refractivity contribution in [1.29, 1.82) is 0 Å².